The minimum absolute atomic E-state index is 0.0605. The number of cyclic esters (lactones) is 1. The summed E-state index contributed by atoms with van der Waals surface area (Å²) in [7, 11) is 1.52. The van der Waals surface area contributed by atoms with Gasteiger partial charge in [0.05, 0.1) is 36.0 Å². The number of fused-ring (bicyclic) bond motifs is 1. The third kappa shape index (κ3) is 3.56. The molecule has 2 heterocycles. The molecule has 3 aromatic rings. The number of benzene rings is 2. The van der Waals surface area contributed by atoms with E-state index in [-0.39, 0.29) is 24.5 Å². The fraction of sp³-hybridized carbons (Fsp3) is 0.200. The van der Waals surface area contributed by atoms with Gasteiger partial charge in [-0.15, -0.1) is 0 Å². The van der Waals surface area contributed by atoms with Crippen LogP contribution in [0, 0.1) is 0 Å². The number of methoxy groups -OCH3 is 1. The summed E-state index contributed by atoms with van der Waals surface area (Å²) in [6, 6.07) is 14.1. The van der Waals surface area contributed by atoms with Crippen molar-refractivity contribution >= 4 is 34.7 Å². The Morgan fingerprint density at radius 2 is 1.93 bits per heavy atom. The van der Waals surface area contributed by atoms with Gasteiger partial charge in [-0.2, -0.15) is 0 Å². The van der Waals surface area contributed by atoms with E-state index in [1.807, 2.05) is 0 Å². The summed E-state index contributed by atoms with van der Waals surface area (Å²) < 4.78 is 11.6. The van der Waals surface area contributed by atoms with E-state index in [0.29, 0.717) is 27.5 Å². The van der Waals surface area contributed by atoms with Crippen LogP contribution in [0.3, 0.4) is 0 Å². The summed E-state index contributed by atoms with van der Waals surface area (Å²) in [5, 5.41) is 0.788. The average Bonchev–Trinajstić information content (AvgIpc) is 3.18. The molecule has 0 spiro atoms. The number of ether oxygens (including phenoxy) is 2. The second-order valence-electron chi connectivity index (χ2n) is 6.17. The number of imide groups is 1. The van der Waals surface area contributed by atoms with E-state index >= 15 is 0 Å². The van der Waals surface area contributed by atoms with Gasteiger partial charge in [0.15, 0.2) is 5.16 Å². The van der Waals surface area contributed by atoms with Crippen molar-refractivity contribution < 1.29 is 19.1 Å². The maximum Gasteiger partial charge on any atom is 0.416 e. The molecule has 0 radical (unpaired) electrons. The average molecular weight is 411 g/mol. The summed E-state index contributed by atoms with van der Waals surface area (Å²) in [5.41, 5.74) is 0.781. The summed E-state index contributed by atoms with van der Waals surface area (Å²) >= 11 is 1.08. The van der Waals surface area contributed by atoms with Crippen LogP contribution in [-0.4, -0.2) is 52.5 Å². The molecule has 0 bridgehead atoms. The lowest BCUT2D eigenvalue weighted by Crippen LogP contribution is -2.33. The number of para-hydroxylation sites is 3. The smallest absolute Gasteiger partial charge is 0.416 e. The first-order valence-electron chi connectivity index (χ1n) is 8.85. The fourth-order valence-corrected chi connectivity index (χ4v) is 3.94. The van der Waals surface area contributed by atoms with E-state index in [1.165, 1.54) is 11.7 Å². The number of aromatic nitrogens is 2. The van der Waals surface area contributed by atoms with E-state index in [9.17, 15) is 14.4 Å². The van der Waals surface area contributed by atoms with Crippen LogP contribution in [0.15, 0.2) is 58.5 Å². The van der Waals surface area contributed by atoms with E-state index in [1.54, 1.807) is 48.5 Å². The van der Waals surface area contributed by atoms with Crippen molar-refractivity contribution in [2.75, 3.05) is 26.0 Å². The number of hydrogen-bond acceptors (Lipinski definition) is 7. The first-order chi connectivity index (χ1) is 14.1. The Hall–Kier alpha value is -3.33. The zero-order valence-corrected chi connectivity index (χ0v) is 16.3. The van der Waals surface area contributed by atoms with Crippen LogP contribution in [-0.2, 0) is 9.53 Å². The van der Waals surface area contributed by atoms with Crippen molar-refractivity contribution in [1.29, 1.82) is 0 Å². The third-order valence-corrected chi connectivity index (χ3v) is 5.38. The van der Waals surface area contributed by atoms with Gasteiger partial charge < -0.3 is 9.47 Å². The number of carbonyl (C=O) groups excluding carboxylic acids is 2. The molecule has 4 rings (SSSR count). The molecule has 9 heteroatoms. The molecule has 1 aliphatic rings. The fourth-order valence-electron chi connectivity index (χ4n) is 3.06. The molecule has 29 heavy (non-hydrogen) atoms. The van der Waals surface area contributed by atoms with Crippen molar-refractivity contribution in [3.05, 3.63) is 58.9 Å². The Morgan fingerprint density at radius 1 is 1.17 bits per heavy atom. The summed E-state index contributed by atoms with van der Waals surface area (Å²) in [4.78, 5) is 42.9. The highest BCUT2D eigenvalue weighted by molar-refractivity contribution is 7.99. The molecule has 1 fully saturated rings. The van der Waals surface area contributed by atoms with Crippen LogP contribution in [0.4, 0.5) is 4.79 Å². The van der Waals surface area contributed by atoms with Crippen molar-refractivity contribution in [3.63, 3.8) is 0 Å². The second-order valence-corrected chi connectivity index (χ2v) is 7.11. The Bertz CT molecular complexity index is 1160. The van der Waals surface area contributed by atoms with Crippen LogP contribution in [0.5, 0.6) is 5.75 Å². The van der Waals surface area contributed by atoms with Crippen molar-refractivity contribution in [1.82, 2.24) is 14.5 Å². The van der Waals surface area contributed by atoms with Gasteiger partial charge in [-0.1, -0.05) is 36.0 Å². The van der Waals surface area contributed by atoms with E-state index in [2.05, 4.69) is 4.98 Å². The number of hydrogen-bond donors (Lipinski definition) is 0. The molecule has 1 saturated heterocycles. The molecule has 1 aromatic heterocycles. The highest BCUT2D eigenvalue weighted by Crippen LogP contribution is 2.27. The molecule has 148 valence electrons. The molecule has 0 atom stereocenters. The van der Waals surface area contributed by atoms with Gasteiger partial charge in [-0.3, -0.25) is 14.2 Å². The standard InChI is InChI=1S/C20H17N3O5S/c1-27-16-9-5-4-8-15(16)23-18(25)13-6-2-3-7-14(13)21-19(23)29-12-17(24)22-10-11-28-20(22)26/h2-9H,10-12H2,1H3. The molecule has 0 saturated carbocycles. The Morgan fingerprint density at radius 3 is 2.69 bits per heavy atom. The summed E-state index contributed by atoms with van der Waals surface area (Å²) in [6.07, 6.45) is -0.649. The first-order valence-corrected chi connectivity index (χ1v) is 9.84. The normalized spacial score (nSPS) is 13.6. The SMILES string of the molecule is COc1ccccc1-n1c(SCC(=O)N2CCOC2=O)nc2ccccc2c1=O. The Balaban J connectivity index is 1.78. The van der Waals surface area contributed by atoms with Gasteiger partial charge in [0.1, 0.15) is 12.4 Å². The molecule has 0 unspecified atom stereocenters. The maximum atomic E-state index is 13.3. The molecular weight excluding hydrogens is 394 g/mol. The Labute approximate surface area is 170 Å². The highest BCUT2D eigenvalue weighted by Gasteiger charge is 2.28. The lowest BCUT2D eigenvalue weighted by molar-refractivity contribution is -0.125. The van der Waals surface area contributed by atoms with Crippen molar-refractivity contribution in [3.8, 4) is 11.4 Å². The summed E-state index contributed by atoms with van der Waals surface area (Å²) in [5.74, 6) is 0.0455. The molecule has 0 N–H and O–H groups in total. The number of nitrogens with zero attached hydrogens (tertiary/aromatic N) is 3. The van der Waals surface area contributed by atoms with Crippen molar-refractivity contribution in [2.45, 2.75) is 5.16 Å². The first kappa shape index (κ1) is 19.0. The zero-order valence-electron chi connectivity index (χ0n) is 15.5. The largest absolute Gasteiger partial charge is 0.495 e. The van der Waals surface area contributed by atoms with Crippen LogP contribution < -0.4 is 10.3 Å². The molecule has 1 aliphatic heterocycles. The molecule has 2 aromatic carbocycles. The van der Waals surface area contributed by atoms with Gasteiger partial charge in [0.2, 0.25) is 5.91 Å². The van der Waals surface area contributed by atoms with Crippen molar-refractivity contribution in [2.24, 2.45) is 0 Å². The molecule has 8 nitrogen and oxygen atoms in total. The maximum absolute atomic E-state index is 13.3. The van der Waals surface area contributed by atoms with Gasteiger partial charge in [0.25, 0.3) is 5.56 Å². The second kappa shape index (κ2) is 7.96. The lowest BCUT2D eigenvalue weighted by atomic mass is 10.2. The monoisotopic (exact) mass is 411 g/mol. The number of carbonyl (C=O) groups is 2. The highest BCUT2D eigenvalue weighted by atomic mass is 32.2. The minimum Gasteiger partial charge on any atom is -0.495 e. The predicted octanol–water partition coefficient (Wildman–Crippen LogP) is 2.47. The number of thioether (sulfide) groups is 1. The summed E-state index contributed by atoms with van der Waals surface area (Å²) in [6.45, 7) is 0.415. The molecule has 0 aliphatic carbocycles. The number of amides is 2. The van der Waals surface area contributed by atoms with Crippen LogP contribution in [0.2, 0.25) is 0 Å². The zero-order chi connectivity index (χ0) is 20.4. The number of rotatable bonds is 5. The predicted molar refractivity (Wildman–Crippen MR) is 108 cm³/mol. The van der Waals surface area contributed by atoms with Crippen LogP contribution in [0.25, 0.3) is 16.6 Å². The third-order valence-electron chi connectivity index (χ3n) is 4.46. The topological polar surface area (TPSA) is 90.7 Å². The van der Waals surface area contributed by atoms with Gasteiger partial charge in [-0.05, 0) is 24.3 Å². The van der Waals surface area contributed by atoms with E-state index in [0.717, 1.165) is 16.7 Å². The van der Waals surface area contributed by atoms with Crippen LogP contribution in [0.1, 0.15) is 0 Å². The van der Waals surface area contributed by atoms with Gasteiger partial charge in [-0.25, -0.2) is 14.7 Å². The quantitative estimate of drug-likeness (QED) is 0.470. The minimum atomic E-state index is -0.649. The lowest BCUT2D eigenvalue weighted by Gasteiger charge is -2.16. The van der Waals surface area contributed by atoms with E-state index in [4.69, 9.17) is 9.47 Å². The van der Waals surface area contributed by atoms with Gasteiger partial charge >= 0.3 is 6.09 Å². The molecular formula is C20H17N3O5S. The van der Waals surface area contributed by atoms with Crippen LogP contribution >= 0.6 is 11.8 Å². The van der Waals surface area contributed by atoms with E-state index < -0.39 is 12.0 Å². The molecule has 2 amide bonds. The van der Waals surface area contributed by atoms with Gasteiger partial charge in [0, 0.05) is 0 Å². The Kier molecular flexibility index (Phi) is 5.22.